The fraction of sp³-hybridized carbons (Fsp3) is 0.111. The van der Waals surface area contributed by atoms with Gasteiger partial charge in [-0.1, -0.05) is 42.5 Å². The molecule has 0 aliphatic carbocycles. The zero-order valence-corrected chi connectivity index (χ0v) is 13.0. The van der Waals surface area contributed by atoms with Gasteiger partial charge in [0, 0.05) is 18.0 Å². The van der Waals surface area contributed by atoms with Crippen LogP contribution in [0.4, 0.5) is 0 Å². The van der Waals surface area contributed by atoms with Gasteiger partial charge in [-0.05, 0) is 18.1 Å². The normalized spacial score (nSPS) is 12.4. The standard InChI is InChI=1S/C18H17N5O/c19-15(11-13-5-2-1-3-6-13)18(24)23-22-12-14-7-4-8-16-17(14)21-10-9-20-16/h1-10,12,15H,11,19H2,(H,23,24)/t15-/m0/s1. The molecule has 0 bridgehead atoms. The van der Waals surface area contributed by atoms with Crippen LogP contribution in [0.15, 0.2) is 66.0 Å². The first kappa shape index (κ1) is 15.8. The van der Waals surface area contributed by atoms with E-state index in [0.717, 1.165) is 22.2 Å². The smallest absolute Gasteiger partial charge is 0.257 e. The molecule has 2 aromatic carbocycles. The van der Waals surface area contributed by atoms with Gasteiger partial charge in [0.05, 0.1) is 23.3 Å². The van der Waals surface area contributed by atoms with Crippen molar-refractivity contribution in [3.8, 4) is 0 Å². The molecule has 1 aromatic heterocycles. The maximum atomic E-state index is 12.0. The first-order valence-electron chi connectivity index (χ1n) is 7.56. The van der Waals surface area contributed by atoms with Crippen LogP contribution in [0, 0.1) is 0 Å². The third-order valence-corrected chi connectivity index (χ3v) is 3.54. The molecule has 1 heterocycles. The van der Waals surface area contributed by atoms with Crippen molar-refractivity contribution in [2.75, 3.05) is 0 Å². The molecule has 0 unspecified atom stereocenters. The number of nitrogens with two attached hydrogens (primary N) is 1. The molecule has 24 heavy (non-hydrogen) atoms. The maximum absolute atomic E-state index is 12.0. The van der Waals surface area contributed by atoms with Crippen LogP contribution in [0.2, 0.25) is 0 Å². The molecule has 0 aliphatic heterocycles. The molecule has 6 nitrogen and oxygen atoms in total. The number of para-hydroxylation sites is 1. The second-order valence-corrected chi connectivity index (χ2v) is 5.30. The molecule has 1 amide bonds. The first-order chi connectivity index (χ1) is 11.7. The summed E-state index contributed by atoms with van der Waals surface area (Å²) in [7, 11) is 0. The fourth-order valence-electron chi connectivity index (χ4n) is 2.33. The van der Waals surface area contributed by atoms with Gasteiger partial charge in [0.25, 0.3) is 5.91 Å². The Labute approximate surface area is 139 Å². The van der Waals surface area contributed by atoms with E-state index in [-0.39, 0.29) is 5.91 Å². The number of nitrogens with one attached hydrogen (secondary N) is 1. The molecule has 3 rings (SSSR count). The monoisotopic (exact) mass is 319 g/mol. The van der Waals surface area contributed by atoms with Gasteiger partial charge in [0.1, 0.15) is 0 Å². The summed E-state index contributed by atoms with van der Waals surface area (Å²) in [5.41, 5.74) is 11.7. The van der Waals surface area contributed by atoms with Crippen molar-refractivity contribution < 1.29 is 4.79 Å². The van der Waals surface area contributed by atoms with Gasteiger partial charge in [0.15, 0.2) is 0 Å². The summed E-state index contributed by atoms with van der Waals surface area (Å²) >= 11 is 0. The van der Waals surface area contributed by atoms with Crippen molar-refractivity contribution in [1.29, 1.82) is 0 Å². The quantitative estimate of drug-likeness (QED) is 0.552. The highest BCUT2D eigenvalue weighted by Crippen LogP contribution is 2.11. The summed E-state index contributed by atoms with van der Waals surface area (Å²) in [4.78, 5) is 20.5. The van der Waals surface area contributed by atoms with Gasteiger partial charge in [-0.3, -0.25) is 14.8 Å². The van der Waals surface area contributed by atoms with Crippen LogP contribution in [-0.2, 0) is 11.2 Å². The predicted octanol–water partition coefficient (Wildman–Crippen LogP) is 1.65. The van der Waals surface area contributed by atoms with Gasteiger partial charge >= 0.3 is 0 Å². The van der Waals surface area contributed by atoms with Crippen molar-refractivity contribution in [3.63, 3.8) is 0 Å². The lowest BCUT2D eigenvalue weighted by molar-refractivity contribution is -0.122. The Morgan fingerprint density at radius 2 is 1.92 bits per heavy atom. The van der Waals surface area contributed by atoms with E-state index in [0.29, 0.717) is 6.42 Å². The Bertz CT molecular complexity index is 858. The van der Waals surface area contributed by atoms with E-state index in [1.54, 1.807) is 18.6 Å². The minimum atomic E-state index is -0.656. The third kappa shape index (κ3) is 3.80. The number of nitrogens with zero attached hydrogens (tertiary/aromatic N) is 3. The van der Waals surface area contributed by atoms with E-state index in [1.165, 1.54) is 0 Å². The lowest BCUT2D eigenvalue weighted by Gasteiger charge is -2.09. The number of fused-ring (bicyclic) bond motifs is 1. The Balaban J connectivity index is 1.64. The molecule has 0 spiro atoms. The summed E-state index contributed by atoms with van der Waals surface area (Å²) in [5.74, 6) is -0.332. The number of carbonyl (C=O) groups is 1. The van der Waals surface area contributed by atoms with Crippen molar-refractivity contribution >= 4 is 23.2 Å². The first-order valence-corrected chi connectivity index (χ1v) is 7.56. The molecular formula is C18H17N5O. The molecule has 120 valence electrons. The van der Waals surface area contributed by atoms with E-state index < -0.39 is 6.04 Å². The van der Waals surface area contributed by atoms with E-state index >= 15 is 0 Å². The highest BCUT2D eigenvalue weighted by atomic mass is 16.2. The zero-order valence-electron chi connectivity index (χ0n) is 13.0. The molecular weight excluding hydrogens is 302 g/mol. The second-order valence-electron chi connectivity index (χ2n) is 5.30. The second kappa shape index (κ2) is 7.43. The number of benzene rings is 2. The number of amides is 1. The molecule has 0 saturated heterocycles. The van der Waals surface area contributed by atoms with Gasteiger partial charge in [0.2, 0.25) is 0 Å². The van der Waals surface area contributed by atoms with Crippen molar-refractivity contribution in [1.82, 2.24) is 15.4 Å². The van der Waals surface area contributed by atoms with Crippen LogP contribution in [0.5, 0.6) is 0 Å². The van der Waals surface area contributed by atoms with E-state index in [4.69, 9.17) is 5.73 Å². The molecule has 6 heteroatoms. The van der Waals surface area contributed by atoms with Crippen LogP contribution in [0.3, 0.4) is 0 Å². The minimum absolute atomic E-state index is 0.332. The zero-order chi connectivity index (χ0) is 16.8. The highest BCUT2D eigenvalue weighted by molar-refractivity contribution is 5.96. The Morgan fingerprint density at radius 3 is 2.75 bits per heavy atom. The van der Waals surface area contributed by atoms with Crippen molar-refractivity contribution in [2.24, 2.45) is 10.8 Å². The summed E-state index contributed by atoms with van der Waals surface area (Å²) < 4.78 is 0. The molecule has 3 aromatic rings. The Hall–Kier alpha value is -3.12. The SMILES string of the molecule is N[C@@H](Cc1ccccc1)C(=O)NN=Cc1cccc2nccnc12. The van der Waals surface area contributed by atoms with E-state index in [2.05, 4.69) is 20.5 Å². The average molecular weight is 319 g/mol. The number of hydrogen-bond donors (Lipinski definition) is 2. The fourth-order valence-corrected chi connectivity index (χ4v) is 2.33. The van der Waals surface area contributed by atoms with Gasteiger partial charge in [-0.2, -0.15) is 5.10 Å². The van der Waals surface area contributed by atoms with Crippen LogP contribution >= 0.6 is 0 Å². The molecule has 0 saturated carbocycles. The Kier molecular flexibility index (Phi) is 4.88. The number of hydrogen-bond acceptors (Lipinski definition) is 5. The molecule has 0 aliphatic rings. The molecule has 0 radical (unpaired) electrons. The van der Waals surface area contributed by atoms with Gasteiger partial charge < -0.3 is 5.73 Å². The van der Waals surface area contributed by atoms with Crippen LogP contribution in [0.1, 0.15) is 11.1 Å². The molecule has 3 N–H and O–H groups in total. The summed E-state index contributed by atoms with van der Waals surface area (Å²) in [6, 6.07) is 14.6. The summed E-state index contributed by atoms with van der Waals surface area (Å²) in [6.07, 6.45) is 5.26. The Morgan fingerprint density at radius 1 is 1.12 bits per heavy atom. The van der Waals surface area contributed by atoms with Crippen LogP contribution in [0.25, 0.3) is 11.0 Å². The van der Waals surface area contributed by atoms with Gasteiger partial charge in [-0.25, -0.2) is 5.43 Å². The van der Waals surface area contributed by atoms with Crippen molar-refractivity contribution in [2.45, 2.75) is 12.5 Å². The van der Waals surface area contributed by atoms with E-state index in [9.17, 15) is 4.79 Å². The largest absolute Gasteiger partial charge is 0.320 e. The summed E-state index contributed by atoms with van der Waals surface area (Å²) in [5, 5.41) is 3.98. The number of rotatable bonds is 5. The van der Waals surface area contributed by atoms with Crippen LogP contribution < -0.4 is 11.2 Å². The molecule has 1 atom stereocenters. The minimum Gasteiger partial charge on any atom is -0.320 e. The topological polar surface area (TPSA) is 93.3 Å². The number of hydrazone groups is 1. The third-order valence-electron chi connectivity index (χ3n) is 3.54. The molecule has 0 fully saturated rings. The summed E-state index contributed by atoms with van der Waals surface area (Å²) in [6.45, 7) is 0. The average Bonchev–Trinajstić information content (AvgIpc) is 2.62. The lowest BCUT2D eigenvalue weighted by Crippen LogP contribution is -2.39. The van der Waals surface area contributed by atoms with Crippen molar-refractivity contribution in [3.05, 3.63) is 72.1 Å². The van der Waals surface area contributed by atoms with Gasteiger partial charge in [-0.15, -0.1) is 0 Å². The highest BCUT2D eigenvalue weighted by Gasteiger charge is 2.13. The van der Waals surface area contributed by atoms with Crippen LogP contribution in [-0.4, -0.2) is 28.1 Å². The van der Waals surface area contributed by atoms with E-state index in [1.807, 2.05) is 48.5 Å². The lowest BCUT2D eigenvalue weighted by atomic mass is 10.1. The predicted molar refractivity (Wildman–Crippen MR) is 93.4 cm³/mol. The number of aromatic nitrogens is 2. The number of carbonyl (C=O) groups excluding carboxylic acids is 1. The maximum Gasteiger partial charge on any atom is 0.257 e.